The predicted molar refractivity (Wildman–Crippen MR) is 87.6 cm³/mol. The molecule has 0 aromatic rings. The number of hydrogen-bond donors (Lipinski definition) is 0. The van der Waals surface area contributed by atoms with Crippen molar-refractivity contribution >= 4 is 43.7 Å². The molecule has 0 aromatic heterocycles. The Hall–Kier alpha value is 1.79. The van der Waals surface area contributed by atoms with E-state index in [0.717, 1.165) is 0 Å². The van der Waals surface area contributed by atoms with Gasteiger partial charge in [-0.25, -0.2) is 0 Å². The van der Waals surface area contributed by atoms with Crippen LogP contribution in [0.5, 0.6) is 0 Å². The molecule has 0 unspecified atom stereocenters. The number of rotatable bonds is 1. The lowest BCUT2D eigenvalue weighted by molar-refractivity contribution is -0.0000134. The fraction of sp³-hybridized carbons (Fsp3) is 1.00. The van der Waals surface area contributed by atoms with Gasteiger partial charge in [0.1, 0.15) is 0 Å². The van der Waals surface area contributed by atoms with E-state index >= 15 is 0 Å². The fourth-order valence-electron chi connectivity index (χ4n) is 2.33. The highest BCUT2D eigenvalue weighted by molar-refractivity contribution is 8.23. The van der Waals surface area contributed by atoms with Crippen LogP contribution in [0.2, 0.25) is 45.8 Å². The molecule has 0 aromatic carbocycles. The third-order valence-corrected chi connectivity index (χ3v) is 24.8. The van der Waals surface area contributed by atoms with E-state index in [9.17, 15) is 0 Å². The van der Waals surface area contributed by atoms with Crippen molar-refractivity contribution in [3.8, 4) is 0 Å². The van der Waals surface area contributed by atoms with Gasteiger partial charge in [-0.3, -0.25) is 0 Å². The van der Waals surface area contributed by atoms with Gasteiger partial charge in [0, 0.05) is 6.55 Å². The maximum absolute atomic E-state index is 6.43. The lowest BCUT2D eigenvalue weighted by Gasteiger charge is -2.44. The van der Waals surface area contributed by atoms with Gasteiger partial charge in [-0.2, -0.15) is 0 Å². The Morgan fingerprint density at radius 2 is 0.842 bits per heavy atom. The van der Waals surface area contributed by atoms with Gasteiger partial charge in [-0.15, -0.1) is 0 Å². The average molecular weight is 471 g/mol. The van der Waals surface area contributed by atoms with Crippen molar-refractivity contribution in [2.75, 3.05) is 12.5 Å². The van der Waals surface area contributed by atoms with E-state index in [1.807, 2.05) is 0 Å². The molecule has 19 heavy (non-hydrogen) atoms. The first-order valence-corrected chi connectivity index (χ1v) is 19.7. The molecule has 0 amide bonds. The largest absolute Gasteiger partial charge is 1.00 e. The molecule has 116 valence electrons. The highest BCUT2D eigenvalue weighted by atomic mass is 127. The normalized spacial score (nSPS) is 28.1. The van der Waals surface area contributed by atoms with E-state index in [0.29, 0.717) is 0 Å². The van der Waals surface area contributed by atoms with Crippen LogP contribution < -0.4 is 24.0 Å². The summed E-state index contributed by atoms with van der Waals surface area (Å²) in [6.45, 7) is 14.8. The molecular weight excluding hydrogens is 443 g/mol. The van der Waals surface area contributed by atoms with Crippen molar-refractivity contribution in [1.29, 1.82) is 0 Å². The van der Waals surface area contributed by atoms with Crippen LogP contribution in [0.15, 0.2) is 0 Å². The number of halogens is 1. The van der Waals surface area contributed by atoms with Gasteiger partial charge in [0.15, 0.2) is 0 Å². The van der Waals surface area contributed by atoms with E-state index in [1.165, 1.54) is 0 Å². The summed E-state index contributed by atoms with van der Waals surface area (Å²) in [5, 5.41) is 0. The molecule has 1 heterocycles. The van der Waals surface area contributed by atoms with E-state index in [-0.39, 0.29) is 34.3 Å². The Balaban J connectivity index is 0.00000324. The summed E-state index contributed by atoms with van der Waals surface area (Å²) < 4.78 is 25.4. The smallest absolute Gasteiger partial charge is 0.583 e. The minimum atomic E-state index is -2.21. The van der Waals surface area contributed by atoms with E-state index < -0.39 is 33.4 Å². The molecule has 10 heteroatoms. The molecule has 1 aliphatic heterocycles. The lowest BCUT2D eigenvalue weighted by atomic mass is 11.9. The van der Waals surface area contributed by atoms with Crippen LogP contribution in [-0.2, 0) is 26.8 Å². The van der Waals surface area contributed by atoms with Gasteiger partial charge in [-0.1, -0.05) is 0 Å². The van der Waals surface area contributed by atoms with Gasteiger partial charge >= 0.3 is 33.4 Å². The molecule has 0 saturated carbocycles. The molecular formula is C9H27IO4SSi4. The molecule has 0 atom stereocenters. The Morgan fingerprint density at radius 1 is 0.579 bits per heavy atom. The van der Waals surface area contributed by atoms with Gasteiger partial charge < -0.3 is 40.4 Å². The predicted octanol–water partition coefficient (Wildman–Crippen LogP) is -0.378. The van der Waals surface area contributed by atoms with Gasteiger partial charge in [0.25, 0.3) is 0 Å². The molecule has 4 nitrogen and oxygen atoms in total. The summed E-state index contributed by atoms with van der Waals surface area (Å²) in [5.74, 6) is 0. The first kappa shape index (κ1) is 20.8. The van der Waals surface area contributed by atoms with Gasteiger partial charge in [-0.05, 0) is 49.6 Å². The van der Waals surface area contributed by atoms with Crippen molar-refractivity contribution in [3.05, 3.63) is 0 Å². The standard InChI is InChI=1S/C9H27O4SSi4.HI/c1-14(2)18(9)12-16(5,6)10-15(3,4)11-17(7,8)13-18;/h1-9H3;1H/q+1;/p-1. The molecule has 0 spiro atoms. The summed E-state index contributed by atoms with van der Waals surface area (Å²) >= 11 is 0. The topological polar surface area (TPSA) is 36.9 Å². The Bertz CT molecular complexity index is 305. The van der Waals surface area contributed by atoms with Crippen molar-refractivity contribution in [3.63, 3.8) is 0 Å². The van der Waals surface area contributed by atoms with Crippen molar-refractivity contribution in [2.45, 2.75) is 45.8 Å². The molecule has 0 radical (unpaired) electrons. The summed E-state index contributed by atoms with van der Waals surface area (Å²) in [5.41, 5.74) is 0. The molecule has 0 N–H and O–H groups in total. The molecule has 0 aliphatic carbocycles. The summed E-state index contributed by atoms with van der Waals surface area (Å²) in [6, 6.07) is 0. The molecule has 0 bridgehead atoms. The number of hydrogen-bond acceptors (Lipinski definition) is 4. The third-order valence-electron chi connectivity index (χ3n) is 2.59. The van der Waals surface area contributed by atoms with E-state index in [1.54, 1.807) is 0 Å². The van der Waals surface area contributed by atoms with Crippen molar-refractivity contribution < 1.29 is 40.4 Å². The summed E-state index contributed by atoms with van der Waals surface area (Å²) in [7, 11) is -8.57. The van der Waals surface area contributed by atoms with Crippen molar-refractivity contribution in [2.24, 2.45) is 0 Å². The van der Waals surface area contributed by atoms with E-state index in [2.05, 4.69) is 58.3 Å². The van der Waals surface area contributed by atoms with Crippen LogP contribution in [-0.4, -0.2) is 45.9 Å². The lowest BCUT2D eigenvalue weighted by Crippen LogP contribution is -3.00. The summed E-state index contributed by atoms with van der Waals surface area (Å²) in [6.07, 6.45) is 4.40. The van der Waals surface area contributed by atoms with E-state index in [4.69, 9.17) is 16.5 Å². The van der Waals surface area contributed by atoms with Gasteiger partial charge in [0.05, 0.1) is 12.5 Å². The second-order valence-electron chi connectivity index (χ2n) is 6.29. The zero-order valence-corrected chi connectivity index (χ0v) is 20.4. The quantitative estimate of drug-likeness (QED) is 0.298. The van der Waals surface area contributed by atoms with Crippen LogP contribution in [0, 0.1) is 0 Å². The van der Waals surface area contributed by atoms with Crippen LogP contribution in [0.4, 0.5) is 0 Å². The SMILES string of the molecule is C[S+](C)[Si]1(C)O[Si](C)(C)O[Si](C)(C)O[Si](C)(C)O1.[I-]. The summed E-state index contributed by atoms with van der Waals surface area (Å²) in [4.78, 5) is 0. The third kappa shape index (κ3) is 6.20. The average Bonchev–Trinajstić information content (AvgIpc) is 1.92. The van der Waals surface area contributed by atoms with Crippen LogP contribution in [0.3, 0.4) is 0 Å². The highest BCUT2D eigenvalue weighted by Crippen LogP contribution is 2.32. The maximum atomic E-state index is 6.43. The minimum absolute atomic E-state index is 0. The Labute approximate surface area is 141 Å². The maximum Gasteiger partial charge on any atom is 0.583 e. The zero-order chi connectivity index (χ0) is 14.4. The molecule has 1 saturated heterocycles. The fourth-order valence-corrected chi connectivity index (χ4v) is 29.1. The molecule has 1 rings (SSSR count). The van der Waals surface area contributed by atoms with Crippen LogP contribution >= 0.6 is 0 Å². The first-order chi connectivity index (χ1) is 7.77. The monoisotopic (exact) mass is 470 g/mol. The van der Waals surface area contributed by atoms with Gasteiger partial charge in [0.2, 0.25) is 0 Å². The first-order valence-electron chi connectivity index (χ1n) is 6.15. The second-order valence-corrected chi connectivity index (χ2v) is 26.0. The zero-order valence-electron chi connectivity index (χ0n) is 13.4. The Morgan fingerprint density at radius 3 is 1.11 bits per heavy atom. The molecule has 1 fully saturated rings. The van der Waals surface area contributed by atoms with Crippen LogP contribution in [0.25, 0.3) is 0 Å². The molecule has 1 aliphatic rings. The second kappa shape index (κ2) is 6.50. The van der Waals surface area contributed by atoms with Crippen LogP contribution in [0.1, 0.15) is 0 Å². The minimum Gasteiger partial charge on any atom is -1.00 e. The highest BCUT2D eigenvalue weighted by Gasteiger charge is 2.60. The Kier molecular flexibility index (Phi) is 7.11. The van der Waals surface area contributed by atoms with Crippen molar-refractivity contribution in [1.82, 2.24) is 0 Å².